The molecule has 0 amide bonds. The van der Waals surface area contributed by atoms with Gasteiger partial charge in [-0.15, -0.1) is 0 Å². The average Bonchev–Trinajstić information content (AvgIpc) is 3.06. The Morgan fingerprint density at radius 3 is 2.94 bits per heavy atom. The summed E-state index contributed by atoms with van der Waals surface area (Å²) in [4.78, 5) is 0. The molecule has 1 aromatic rings. The van der Waals surface area contributed by atoms with Crippen LogP contribution in [0.4, 0.5) is 4.39 Å². The van der Waals surface area contributed by atoms with E-state index in [1.807, 2.05) is 6.07 Å². The van der Waals surface area contributed by atoms with Gasteiger partial charge in [0.2, 0.25) is 0 Å². The number of aliphatic hydroxyl groups excluding tert-OH is 1. The molecule has 0 aliphatic heterocycles. The molecule has 0 radical (unpaired) electrons. The molecule has 1 atom stereocenters. The second-order valence-electron chi connectivity index (χ2n) is 4.25. The molecular formula is C12H15BrFNO. The minimum atomic E-state index is -0.460. The molecule has 4 heteroatoms. The van der Waals surface area contributed by atoms with E-state index in [9.17, 15) is 9.50 Å². The summed E-state index contributed by atoms with van der Waals surface area (Å²) in [6, 6.07) is 5.48. The fourth-order valence-electron chi connectivity index (χ4n) is 1.62. The molecule has 0 saturated heterocycles. The van der Waals surface area contributed by atoms with E-state index in [-0.39, 0.29) is 5.82 Å². The van der Waals surface area contributed by atoms with Crippen molar-refractivity contribution in [2.45, 2.75) is 31.4 Å². The summed E-state index contributed by atoms with van der Waals surface area (Å²) in [6.07, 6.45) is 2.42. The zero-order valence-corrected chi connectivity index (χ0v) is 10.5. The van der Waals surface area contributed by atoms with Crippen molar-refractivity contribution in [3.8, 4) is 0 Å². The van der Waals surface area contributed by atoms with Crippen molar-refractivity contribution in [2.24, 2.45) is 0 Å². The van der Waals surface area contributed by atoms with Gasteiger partial charge in [0.1, 0.15) is 5.82 Å². The fourth-order valence-corrected chi connectivity index (χ4v) is 2.05. The number of nitrogens with one attached hydrogen (secondary N) is 1. The largest absolute Gasteiger partial charge is 0.391 e. The standard InChI is InChI=1S/C12H15BrFNO/c13-12-8(2-1-3-11(12)14)6-10(16)7-15-9-4-5-9/h1-3,9-10,15-16H,4-7H2. The number of hydrogen-bond donors (Lipinski definition) is 2. The number of aliphatic hydroxyl groups is 1. The maximum Gasteiger partial charge on any atom is 0.137 e. The molecule has 1 aliphatic carbocycles. The van der Waals surface area contributed by atoms with E-state index in [2.05, 4.69) is 21.2 Å². The van der Waals surface area contributed by atoms with Crippen LogP contribution in [0.5, 0.6) is 0 Å². The highest BCUT2D eigenvalue weighted by molar-refractivity contribution is 9.10. The van der Waals surface area contributed by atoms with Crippen molar-refractivity contribution in [3.63, 3.8) is 0 Å². The van der Waals surface area contributed by atoms with Crippen molar-refractivity contribution in [3.05, 3.63) is 34.1 Å². The first-order valence-corrected chi connectivity index (χ1v) is 6.30. The second-order valence-corrected chi connectivity index (χ2v) is 5.05. The van der Waals surface area contributed by atoms with Gasteiger partial charge in [-0.05, 0) is 40.4 Å². The van der Waals surface area contributed by atoms with Crippen LogP contribution in [0.1, 0.15) is 18.4 Å². The van der Waals surface area contributed by atoms with Gasteiger partial charge in [-0.2, -0.15) is 0 Å². The predicted octanol–water partition coefficient (Wildman–Crippen LogP) is 2.24. The minimum absolute atomic E-state index is 0.278. The third-order valence-corrected chi connectivity index (χ3v) is 3.59. The van der Waals surface area contributed by atoms with Crippen LogP contribution in [0.3, 0.4) is 0 Å². The van der Waals surface area contributed by atoms with Crippen molar-refractivity contribution >= 4 is 15.9 Å². The lowest BCUT2D eigenvalue weighted by molar-refractivity contribution is 0.171. The lowest BCUT2D eigenvalue weighted by Crippen LogP contribution is -2.29. The molecule has 88 valence electrons. The number of benzene rings is 1. The van der Waals surface area contributed by atoms with Gasteiger partial charge >= 0.3 is 0 Å². The molecule has 2 nitrogen and oxygen atoms in total. The van der Waals surface area contributed by atoms with Gasteiger partial charge in [-0.25, -0.2) is 4.39 Å². The van der Waals surface area contributed by atoms with Crippen LogP contribution in [-0.2, 0) is 6.42 Å². The monoisotopic (exact) mass is 287 g/mol. The first-order chi connectivity index (χ1) is 7.66. The molecule has 1 saturated carbocycles. The van der Waals surface area contributed by atoms with Crippen LogP contribution in [0.2, 0.25) is 0 Å². The quantitative estimate of drug-likeness (QED) is 0.871. The highest BCUT2D eigenvalue weighted by Crippen LogP contribution is 2.22. The Balaban J connectivity index is 1.88. The van der Waals surface area contributed by atoms with Crippen LogP contribution in [0, 0.1) is 5.82 Å². The van der Waals surface area contributed by atoms with E-state index in [4.69, 9.17) is 0 Å². The summed E-state index contributed by atoms with van der Waals surface area (Å²) in [6.45, 7) is 0.577. The molecule has 1 aromatic carbocycles. The average molecular weight is 288 g/mol. The highest BCUT2D eigenvalue weighted by atomic mass is 79.9. The Bertz CT molecular complexity index is 368. The molecule has 16 heavy (non-hydrogen) atoms. The van der Waals surface area contributed by atoms with E-state index in [1.54, 1.807) is 6.07 Å². The van der Waals surface area contributed by atoms with Crippen LogP contribution in [-0.4, -0.2) is 23.8 Å². The summed E-state index contributed by atoms with van der Waals surface area (Å²) < 4.78 is 13.7. The summed E-state index contributed by atoms with van der Waals surface area (Å²) in [5.74, 6) is -0.278. The highest BCUT2D eigenvalue weighted by Gasteiger charge is 2.21. The topological polar surface area (TPSA) is 32.3 Å². The van der Waals surface area contributed by atoms with Gasteiger partial charge in [-0.3, -0.25) is 0 Å². The van der Waals surface area contributed by atoms with Gasteiger partial charge in [0.05, 0.1) is 10.6 Å². The molecule has 2 rings (SSSR count). The van der Waals surface area contributed by atoms with Crippen LogP contribution in [0.25, 0.3) is 0 Å². The fraction of sp³-hybridized carbons (Fsp3) is 0.500. The molecule has 0 aromatic heterocycles. The van der Waals surface area contributed by atoms with Crippen LogP contribution < -0.4 is 5.32 Å². The van der Waals surface area contributed by atoms with E-state index in [0.29, 0.717) is 23.5 Å². The molecule has 0 spiro atoms. The first-order valence-electron chi connectivity index (χ1n) is 5.51. The molecule has 1 unspecified atom stereocenters. The Hall–Kier alpha value is -0.450. The predicted molar refractivity (Wildman–Crippen MR) is 64.8 cm³/mol. The van der Waals surface area contributed by atoms with Gasteiger partial charge in [0, 0.05) is 19.0 Å². The minimum Gasteiger partial charge on any atom is -0.391 e. The smallest absolute Gasteiger partial charge is 0.137 e. The second kappa shape index (κ2) is 5.25. The number of rotatable bonds is 5. The summed E-state index contributed by atoms with van der Waals surface area (Å²) in [5.41, 5.74) is 0.810. The Kier molecular flexibility index (Phi) is 3.95. The summed E-state index contributed by atoms with van der Waals surface area (Å²) in [7, 11) is 0. The van der Waals surface area contributed by atoms with Crippen molar-refractivity contribution in [1.29, 1.82) is 0 Å². The third kappa shape index (κ3) is 3.27. The molecule has 2 N–H and O–H groups in total. The van der Waals surface area contributed by atoms with Crippen molar-refractivity contribution < 1.29 is 9.50 Å². The van der Waals surface area contributed by atoms with Gasteiger partial charge in [-0.1, -0.05) is 12.1 Å². The lowest BCUT2D eigenvalue weighted by Gasteiger charge is -2.12. The SMILES string of the molecule is OC(CNC1CC1)Cc1cccc(F)c1Br. The maximum atomic E-state index is 13.2. The van der Waals surface area contributed by atoms with Gasteiger partial charge in [0.15, 0.2) is 0 Å². The molecule has 1 fully saturated rings. The maximum absolute atomic E-state index is 13.2. The van der Waals surface area contributed by atoms with Crippen molar-refractivity contribution in [2.75, 3.05) is 6.54 Å². The summed E-state index contributed by atoms with van der Waals surface area (Å²) in [5, 5.41) is 13.0. The zero-order chi connectivity index (χ0) is 11.5. The summed E-state index contributed by atoms with van der Waals surface area (Å²) >= 11 is 3.19. The van der Waals surface area contributed by atoms with E-state index in [0.717, 1.165) is 5.56 Å². The number of halogens is 2. The van der Waals surface area contributed by atoms with Gasteiger partial charge in [0.25, 0.3) is 0 Å². The van der Waals surface area contributed by atoms with Crippen molar-refractivity contribution in [1.82, 2.24) is 5.32 Å². The Labute approximate surface area is 103 Å². The van der Waals surface area contributed by atoms with Crippen LogP contribution >= 0.6 is 15.9 Å². The normalized spacial score (nSPS) is 17.4. The first kappa shape index (κ1) is 12.0. The Morgan fingerprint density at radius 2 is 2.25 bits per heavy atom. The zero-order valence-electron chi connectivity index (χ0n) is 8.92. The third-order valence-electron chi connectivity index (χ3n) is 2.71. The Morgan fingerprint density at radius 1 is 1.50 bits per heavy atom. The molecule has 0 heterocycles. The lowest BCUT2D eigenvalue weighted by atomic mass is 10.1. The molecular weight excluding hydrogens is 273 g/mol. The van der Waals surface area contributed by atoms with E-state index >= 15 is 0 Å². The molecule has 0 bridgehead atoms. The van der Waals surface area contributed by atoms with Crippen LogP contribution in [0.15, 0.2) is 22.7 Å². The number of hydrogen-bond acceptors (Lipinski definition) is 2. The molecule has 1 aliphatic rings. The van der Waals surface area contributed by atoms with E-state index < -0.39 is 6.10 Å². The van der Waals surface area contributed by atoms with Gasteiger partial charge < -0.3 is 10.4 Å². The van der Waals surface area contributed by atoms with E-state index in [1.165, 1.54) is 18.9 Å².